The van der Waals surface area contributed by atoms with Crippen molar-refractivity contribution in [3.63, 3.8) is 0 Å². The molecule has 0 radical (unpaired) electrons. The van der Waals surface area contributed by atoms with Crippen molar-refractivity contribution in [3.8, 4) is 28.9 Å². The Labute approximate surface area is 170 Å². The van der Waals surface area contributed by atoms with Crippen molar-refractivity contribution in [2.24, 2.45) is 0 Å². The number of nitrogens with one attached hydrogen (secondary N) is 1. The number of carbonyl (C=O) groups is 1. The van der Waals surface area contributed by atoms with Gasteiger partial charge in [0.15, 0.2) is 0 Å². The lowest BCUT2D eigenvalue weighted by Gasteiger charge is -2.07. The van der Waals surface area contributed by atoms with Gasteiger partial charge in [-0.15, -0.1) is 0 Å². The molecule has 0 aliphatic carbocycles. The van der Waals surface area contributed by atoms with Gasteiger partial charge in [-0.25, -0.2) is 0 Å². The minimum atomic E-state index is -0.287. The Morgan fingerprint density at radius 3 is 2.66 bits per heavy atom. The molecule has 0 fully saturated rings. The van der Waals surface area contributed by atoms with E-state index in [4.69, 9.17) is 21.4 Å². The van der Waals surface area contributed by atoms with E-state index in [1.54, 1.807) is 60.8 Å². The summed E-state index contributed by atoms with van der Waals surface area (Å²) in [5.74, 6) is 0.346. The van der Waals surface area contributed by atoms with Crippen LogP contribution < -0.4 is 5.32 Å². The molecule has 0 saturated heterocycles. The number of amides is 1. The Morgan fingerprint density at radius 2 is 1.97 bits per heavy atom. The van der Waals surface area contributed by atoms with E-state index in [0.717, 1.165) is 0 Å². The second-order valence-electron chi connectivity index (χ2n) is 6.00. The molecule has 1 N–H and O–H groups in total. The summed E-state index contributed by atoms with van der Waals surface area (Å²) >= 11 is 6.37. The molecule has 0 aliphatic rings. The number of rotatable bonds is 4. The number of halogens is 1. The van der Waals surface area contributed by atoms with Gasteiger partial charge in [-0.05, 0) is 54.6 Å². The van der Waals surface area contributed by atoms with Crippen molar-refractivity contribution in [2.75, 3.05) is 5.32 Å². The first kappa shape index (κ1) is 18.3. The number of aromatic nitrogens is 3. The van der Waals surface area contributed by atoms with Crippen LogP contribution in [-0.4, -0.2) is 21.0 Å². The molecule has 2 heterocycles. The van der Waals surface area contributed by atoms with Gasteiger partial charge in [-0.3, -0.25) is 9.78 Å². The molecule has 2 aromatic heterocycles. The summed E-state index contributed by atoms with van der Waals surface area (Å²) in [6.07, 6.45) is 3.08. The number of benzene rings is 2. The number of pyridine rings is 1. The third-order valence-electron chi connectivity index (χ3n) is 4.08. The van der Waals surface area contributed by atoms with Gasteiger partial charge >= 0.3 is 0 Å². The largest absolute Gasteiger partial charge is 0.334 e. The smallest absolute Gasteiger partial charge is 0.258 e. The second kappa shape index (κ2) is 7.92. The van der Waals surface area contributed by atoms with Crippen LogP contribution in [0, 0.1) is 11.3 Å². The lowest BCUT2D eigenvalue weighted by Crippen LogP contribution is -2.11. The zero-order valence-electron chi connectivity index (χ0n) is 14.8. The quantitative estimate of drug-likeness (QED) is 0.536. The van der Waals surface area contributed by atoms with Crippen molar-refractivity contribution in [2.45, 2.75) is 0 Å². The van der Waals surface area contributed by atoms with Crippen LogP contribution in [0.4, 0.5) is 5.69 Å². The topological polar surface area (TPSA) is 105 Å². The lowest BCUT2D eigenvalue weighted by atomic mass is 10.1. The molecule has 4 rings (SSSR count). The lowest BCUT2D eigenvalue weighted by molar-refractivity contribution is 0.102. The number of anilines is 1. The maximum Gasteiger partial charge on any atom is 0.258 e. The molecular weight excluding hydrogens is 390 g/mol. The van der Waals surface area contributed by atoms with E-state index in [1.165, 1.54) is 6.20 Å². The average molecular weight is 402 g/mol. The number of nitriles is 1. The van der Waals surface area contributed by atoms with Crippen LogP contribution in [0.2, 0.25) is 5.02 Å². The van der Waals surface area contributed by atoms with Gasteiger partial charge in [0.05, 0.1) is 22.2 Å². The van der Waals surface area contributed by atoms with E-state index in [9.17, 15) is 4.79 Å². The molecule has 0 saturated carbocycles. The van der Waals surface area contributed by atoms with Gasteiger partial charge in [-0.1, -0.05) is 16.8 Å². The van der Waals surface area contributed by atoms with Crippen LogP contribution in [0.1, 0.15) is 15.9 Å². The van der Waals surface area contributed by atoms with Crippen molar-refractivity contribution >= 4 is 23.2 Å². The minimum absolute atomic E-state index is 0.287. The van der Waals surface area contributed by atoms with Crippen LogP contribution in [0.15, 0.2) is 71.5 Å². The Balaban J connectivity index is 1.55. The SMILES string of the molecule is N#Cc1ccc(-c2nc(-c3ccc(NC(=O)c4cccnc4)cc3Cl)no2)cc1. The maximum absolute atomic E-state index is 12.2. The molecule has 4 aromatic rings. The highest BCUT2D eigenvalue weighted by Gasteiger charge is 2.15. The van der Waals surface area contributed by atoms with Gasteiger partial charge in [0, 0.05) is 29.2 Å². The van der Waals surface area contributed by atoms with E-state index in [0.29, 0.717) is 44.7 Å². The second-order valence-corrected chi connectivity index (χ2v) is 6.41. The van der Waals surface area contributed by atoms with E-state index in [-0.39, 0.29) is 5.91 Å². The summed E-state index contributed by atoms with van der Waals surface area (Å²) in [7, 11) is 0. The van der Waals surface area contributed by atoms with Crippen LogP contribution in [0.3, 0.4) is 0 Å². The summed E-state index contributed by atoms with van der Waals surface area (Å²) in [6, 6.07) is 17.2. The fraction of sp³-hybridized carbons (Fsp3) is 0. The molecule has 29 heavy (non-hydrogen) atoms. The van der Waals surface area contributed by atoms with E-state index in [2.05, 4.69) is 26.5 Å². The Morgan fingerprint density at radius 1 is 1.14 bits per heavy atom. The zero-order chi connectivity index (χ0) is 20.2. The molecule has 8 heteroatoms. The highest BCUT2D eigenvalue weighted by molar-refractivity contribution is 6.33. The molecule has 2 aromatic carbocycles. The molecular formula is C21H12ClN5O2. The first-order valence-corrected chi connectivity index (χ1v) is 8.87. The summed E-state index contributed by atoms with van der Waals surface area (Å²) in [4.78, 5) is 20.5. The third kappa shape index (κ3) is 3.98. The van der Waals surface area contributed by atoms with E-state index >= 15 is 0 Å². The van der Waals surface area contributed by atoms with Gasteiger partial charge in [0.1, 0.15) is 0 Å². The van der Waals surface area contributed by atoms with Crippen molar-refractivity contribution < 1.29 is 9.32 Å². The normalized spacial score (nSPS) is 10.3. The fourth-order valence-corrected chi connectivity index (χ4v) is 2.88. The summed E-state index contributed by atoms with van der Waals surface area (Å²) in [5.41, 5.74) is 2.77. The zero-order valence-corrected chi connectivity index (χ0v) is 15.6. The summed E-state index contributed by atoms with van der Waals surface area (Å²) in [6.45, 7) is 0. The van der Waals surface area contributed by atoms with Crippen molar-refractivity contribution in [1.82, 2.24) is 15.1 Å². The first-order valence-electron chi connectivity index (χ1n) is 8.49. The fourth-order valence-electron chi connectivity index (χ4n) is 2.61. The van der Waals surface area contributed by atoms with Gasteiger partial charge in [0.2, 0.25) is 5.82 Å². The van der Waals surface area contributed by atoms with E-state index in [1.807, 2.05) is 0 Å². The standard InChI is InChI=1S/C21H12ClN5O2/c22-18-10-16(25-20(28)15-2-1-9-24-12-15)7-8-17(18)19-26-21(29-27-19)14-5-3-13(11-23)4-6-14/h1-10,12H,(H,25,28). The molecule has 140 valence electrons. The summed E-state index contributed by atoms with van der Waals surface area (Å²) < 4.78 is 5.31. The Kier molecular flexibility index (Phi) is 5.01. The van der Waals surface area contributed by atoms with Crippen LogP contribution >= 0.6 is 11.6 Å². The van der Waals surface area contributed by atoms with Crippen LogP contribution in [-0.2, 0) is 0 Å². The molecule has 7 nitrogen and oxygen atoms in total. The van der Waals surface area contributed by atoms with Gasteiger partial charge < -0.3 is 9.84 Å². The highest BCUT2D eigenvalue weighted by Crippen LogP contribution is 2.30. The molecule has 0 aliphatic heterocycles. The first-order chi connectivity index (χ1) is 14.1. The minimum Gasteiger partial charge on any atom is -0.334 e. The number of hydrogen-bond donors (Lipinski definition) is 1. The molecule has 0 bridgehead atoms. The predicted octanol–water partition coefficient (Wildman–Crippen LogP) is 4.58. The molecule has 0 atom stereocenters. The number of nitrogens with zero attached hydrogens (tertiary/aromatic N) is 4. The number of carbonyl (C=O) groups excluding carboxylic acids is 1. The Hall–Kier alpha value is -4.02. The third-order valence-corrected chi connectivity index (χ3v) is 4.39. The molecule has 0 spiro atoms. The average Bonchev–Trinajstić information content (AvgIpc) is 3.24. The predicted molar refractivity (Wildman–Crippen MR) is 107 cm³/mol. The Bertz CT molecular complexity index is 1210. The van der Waals surface area contributed by atoms with E-state index < -0.39 is 0 Å². The van der Waals surface area contributed by atoms with Crippen molar-refractivity contribution in [3.05, 3.63) is 83.1 Å². The molecule has 1 amide bonds. The van der Waals surface area contributed by atoms with Crippen LogP contribution in [0.25, 0.3) is 22.8 Å². The number of hydrogen-bond acceptors (Lipinski definition) is 6. The van der Waals surface area contributed by atoms with Gasteiger partial charge in [-0.2, -0.15) is 10.2 Å². The van der Waals surface area contributed by atoms with Crippen LogP contribution in [0.5, 0.6) is 0 Å². The van der Waals surface area contributed by atoms with Gasteiger partial charge in [0.25, 0.3) is 11.8 Å². The monoisotopic (exact) mass is 401 g/mol. The summed E-state index contributed by atoms with van der Waals surface area (Å²) in [5, 5.41) is 16.0. The maximum atomic E-state index is 12.2. The molecule has 0 unspecified atom stereocenters. The van der Waals surface area contributed by atoms with Crippen molar-refractivity contribution in [1.29, 1.82) is 5.26 Å². The highest BCUT2D eigenvalue weighted by atomic mass is 35.5.